The van der Waals surface area contributed by atoms with E-state index in [1.54, 1.807) is 12.4 Å². The number of thioether (sulfide) groups is 1. The molecule has 0 radical (unpaired) electrons. The zero-order chi connectivity index (χ0) is 21.3. The van der Waals surface area contributed by atoms with Gasteiger partial charge in [0.15, 0.2) is 11.0 Å². The van der Waals surface area contributed by atoms with Gasteiger partial charge in [-0.25, -0.2) is 0 Å². The van der Waals surface area contributed by atoms with Crippen LogP contribution in [0, 0.1) is 13.8 Å². The molecule has 0 bridgehead atoms. The minimum Gasteiger partial charge on any atom is -0.382 e. The Kier molecular flexibility index (Phi) is 7.98. The lowest BCUT2D eigenvalue weighted by Gasteiger charge is -2.11. The molecular weight excluding hydrogens is 398 g/mol. The summed E-state index contributed by atoms with van der Waals surface area (Å²) < 4.78 is 7.51. The minimum atomic E-state index is -0.0666. The molecular formula is C22H27N5O2S. The van der Waals surface area contributed by atoms with Crippen molar-refractivity contribution >= 4 is 23.4 Å². The largest absolute Gasteiger partial charge is 0.382 e. The number of carbonyl (C=O) groups excluding carboxylic acids is 1. The van der Waals surface area contributed by atoms with E-state index in [-0.39, 0.29) is 11.7 Å². The molecule has 8 heteroatoms. The molecule has 3 rings (SSSR count). The van der Waals surface area contributed by atoms with Gasteiger partial charge in [0.25, 0.3) is 0 Å². The normalized spacial score (nSPS) is 10.9. The van der Waals surface area contributed by atoms with E-state index in [0.717, 1.165) is 39.8 Å². The number of aryl methyl sites for hydroxylation is 2. The fraction of sp³-hybridized carbons (Fsp3) is 0.364. The Morgan fingerprint density at radius 3 is 2.73 bits per heavy atom. The van der Waals surface area contributed by atoms with Crippen molar-refractivity contribution in [1.82, 2.24) is 19.7 Å². The van der Waals surface area contributed by atoms with Crippen molar-refractivity contribution in [3.05, 3.63) is 53.9 Å². The van der Waals surface area contributed by atoms with E-state index in [1.807, 2.05) is 55.7 Å². The second kappa shape index (κ2) is 10.9. The smallest absolute Gasteiger partial charge is 0.234 e. The number of aromatic nitrogens is 4. The number of hydrogen-bond acceptors (Lipinski definition) is 6. The number of amides is 1. The van der Waals surface area contributed by atoms with E-state index in [1.165, 1.54) is 11.8 Å². The van der Waals surface area contributed by atoms with Crippen molar-refractivity contribution in [2.45, 2.75) is 38.9 Å². The van der Waals surface area contributed by atoms with Crippen LogP contribution in [0.3, 0.4) is 0 Å². The van der Waals surface area contributed by atoms with Crippen LogP contribution in [-0.2, 0) is 16.1 Å². The van der Waals surface area contributed by atoms with Crippen LogP contribution in [-0.4, -0.2) is 44.6 Å². The summed E-state index contributed by atoms with van der Waals surface area (Å²) in [5, 5.41) is 12.4. The van der Waals surface area contributed by atoms with E-state index >= 15 is 0 Å². The molecule has 2 aromatic heterocycles. The van der Waals surface area contributed by atoms with E-state index in [0.29, 0.717) is 19.8 Å². The highest BCUT2D eigenvalue weighted by atomic mass is 32.2. The predicted octanol–water partition coefficient (Wildman–Crippen LogP) is 4.11. The standard InChI is InChI=1S/C22H27N5O2S/c1-4-29-13-5-12-27-21(18-8-10-23-11-9-18)25-26-22(27)30-15-20(28)24-19-14-16(2)6-7-17(19)3/h6-11,14H,4-5,12-13,15H2,1-3H3,(H,24,28). The molecule has 0 aliphatic heterocycles. The van der Waals surface area contributed by atoms with Crippen molar-refractivity contribution in [3.8, 4) is 11.4 Å². The molecule has 7 nitrogen and oxygen atoms in total. The van der Waals surface area contributed by atoms with Gasteiger partial charge >= 0.3 is 0 Å². The average Bonchev–Trinajstić information content (AvgIpc) is 3.16. The first-order valence-corrected chi connectivity index (χ1v) is 11.0. The summed E-state index contributed by atoms with van der Waals surface area (Å²) in [4.78, 5) is 16.6. The summed E-state index contributed by atoms with van der Waals surface area (Å²) in [6, 6.07) is 9.84. The second-order valence-corrected chi connectivity index (χ2v) is 7.84. The molecule has 1 N–H and O–H groups in total. The Bertz CT molecular complexity index is 975. The Morgan fingerprint density at radius 2 is 1.97 bits per heavy atom. The van der Waals surface area contributed by atoms with Crippen LogP contribution < -0.4 is 5.32 Å². The number of anilines is 1. The van der Waals surface area contributed by atoms with Gasteiger partial charge in [-0.1, -0.05) is 23.9 Å². The zero-order valence-corrected chi connectivity index (χ0v) is 18.4. The van der Waals surface area contributed by atoms with Crippen molar-refractivity contribution in [1.29, 1.82) is 0 Å². The molecule has 0 saturated heterocycles. The molecule has 0 spiro atoms. The zero-order valence-electron chi connectivity index (χ0n) is 17.6. The lowest BCUT2D eigenvalue weighted by molar-refractivity contribution is -0.113. The van der Waals surface area contributed by atoms with Crippen LogP contribution in [0.5, 0.6) is 0 Å². The molecule has 0 aliphatic rings. The summed E-state index contributed by atoms with van der Waals surface area (Å²) in [5.41, 5.74) is 3.94. The van der Waals surface area contributed by atoms with Gasteiger partial charge in [0.1, 0.15) is 0 Å². The predicted molar refractivity (Wildman–Crippen MR) is 120 cm³/mol. The highest BCUT2D eigenvalue weighted by Gasteiger charge is 2.16. The molecule has 0 atom stereocenters. The molecule has 158 valence electrons. The van der Waals surface area contributed by atoms with Gasteiger partial charge in [-0.15, -0.1) is 10.2 Å². The number of ether oxygens (including phenoxy) is 1. The fourth-order valence-electron chi connectivity index (χ4n) is 2.97. The quantitative estimate of drug-likeness (QED) is 0.389. The number of hydrogen-bond donors (Lipinski definition) is 1. The fourth-order valence-corrected chi connectivity index (χ4v) is 3.73. The van der Waals surface area contributed by atoms with Crippen LogP contribution in [0.15, 0.2) is 47.9 Å². The topological polar surface area (TPSA) is 81.9 Å². The molecule has 0 saturated carbocycles. The first kappa shape index (κ1) is 22.0. The third kappa shape index (κ3) is 5.90. The van der Waals surface area contributed by atoms with Gasteiger partial charge in [-0.2, -0.15) is 0 Å². The molecule has 2 heterocycles. The number of nitrogens with one attached hydrogen (secondary N) is 1. The van der Waals surface area contributed by atoms with Crippen LogP contribution in [0.4, 0.5) is 5.69 Å². The van der Waals surface area contributed by atoms with E-state index in [2.05, 4.69) is 20.5 Å². The van der Waals surface area contributed by atoms with Crippen molar-refractivity contribution < 1.29 is 9.53 Å². The lowest BCUT2D eigenvalue weighted by atomic mass is 10.1. The lowest BCUT2D eigenvalue weighted by Crippen LogP contribution is -2.15. The van der Waals surface area contributed by atoms with Crippen molar-refractivity contribution in [2.75, 3.05) is 24.3 Å². The molecule has 1 aromatic carbocycles. The molecule has 0 aliphatic carbocycles. The van der Waals surface area contributed by atoms with Gasteiger partial charge < -0.3 is 14.6 Å². The average molecular weight is 426 g/mol. The van der Waals surface area contributed by atoms with E-state index < -0.39 is 0 Å². The van der Waals surface area contributed by atoms with Gasteiger partial charge in [0, 0.05) is 43.4 Å². The monoisotopic (exact) mass is 425 g/mol. The van der Waals surface area contributed by atoms with E-state index in [4.69, 9.17) is 4.74 Å². The third-order valence-corrected chi connectivity index (χ3v) is 5.50. The van der Waals surface area contributed by atoms with Gasteiger partial charge in [0.2, 0.25) is 5.91 Å². The van der Waals surface area contributed by atoms with Crippen LogP contribution >= 0.6 is 11.8 Å². The summed E-state index contributed by atoms with van der Waals surface area (Å²) in [6.45, 7) is 8.05. The third-order valence-electron chi connectivity index (χ3n) is 4.53. The summed E-state index contributed by atoms with van der Waals surface area (Å²) in [6.07, 6.45) is 4.31. The molecule has 1 amide bonds. The van der Waals surface area contributed by atoms with Gasteiger partial charge in [-0.05, 0) is 56.5 Å². The maximum absolute atomic E-state index is 12.5. The molecule has 0 fully saturated rings. The van der Waals surface area contributed by atoms with Crippen LogP contribution in [0.2, 0.25) is 0 Å². The maximum atomic E-state index is 12.5. The minimum absolute atomic E-state index is 0.0666. The number of carbonyl (C=O) groups is 1. The summed E-state index contributed by atoms with van der Waals surface area (Å²) in [7, 11) is 0. The van der Waals surface area contributed by atoms with Crippen molar-refractivity contribution in [3.63, 3.8) is 0 Å². The summed E-state index contributed by atoms with van der Waals surface area (Å²) >= 11 is 1.38. The SMILES string of the molecule is CCOCCCn1c(SCC(=O)Nc2cc(C)ccc2C)nnc1-c1ccncc1. The number of pyridine rings is 1. The summed E-state index contributed by atoms with van der Waals surface area (Å²) in [5.74, 6) is 0.960. The molecule has 30 heavy (non-hydrogen) atoms. The number of rotatable bonds is 10. The highest BCUT2D eigenvalue weighted by Crippen LogP contribution is 2.24. The van der Waals surface area contributed by atoms with Crippen molar-refractivity contribution in [2.24, 2.45) is 0 Å². The first-order valence-electron chi connectivity index (χ1n) is 9.99. The second-order valence-electron chi connectivity index (χ2n) is 6.90. The van der Waals surface area contributed by atoms with E-state index in [9.17, 15) is 4.79 Å². The Hall–Kier alpha value is -2.71. The molecule has 0 unspecified atom stereocenters. The Morgan fingerprint density at radius 1 is 1.17 bits per heavy atom. The Balaban J connectivity index is 1.70. The van der Waals surface area contributed by atoms with Gasteiger partial charge in [0.05, 0.1) is 5.75 Å². The number of benzene rings is 1. The van der Waals surface area contributed by atoms with Gasteiger partial charge in [-0.3, -0.25) is 9.78 Å². The maximum Gasteiger partial charge on any atom is 0.234 e. The highest BCUT2D eigenvalue weighted by molar-refractivity contribution is 7.99. The van der Waals surface area contributed by atoms with Crippen LogP contribution in [0.1, 0.15) is 24.5 Å². The number of nitrogens with zero attached hydrogens (tertiary/aromatic N) is 4. The molecule has 3 aromatic rings. The Labute approximate surface area is 181 Å². The first-order chi connectivity index (χ1) is 14.6. The van der Waals surface area contributed by atoms with Crippen LogP contribution in [0.25, 0.3) is 11.4 Å².